The Morgan fingerprint density at radius 2 is 2.16 bits per heavy atom. The number of amides is 2. The lowest BCUT2D eigenvalue weighted by atomic mass is 9.90. The molecule has 0 saturated heterocycles. The fraction of sp³-hybridized carbons (Fsp3) is 0.389. The molecule has 2 amide bonds. The van der Waals surface area contributed by atoms with Gasteiger partial charge < -0.3 is 16.0 Å². The molecule has 0 saturated carbocycles. The number of pyridine rings is 1. The molecular weight excluding hydrogens is 338 g/mol. The molecule has 2 aromatic rings. The molecule has 0 bridgehead atoms. The Morgan fingerprint density at radius 3 is 2.80 bits per heavy atom. The van der Waals surface area contributed by atoms with E-state index in [1.807, 2.05) is 13.0 Å². The van der Waals surface area contributed by atoms with E-state index in [0.717, 1.165) is 35.4 Å². The van der Waals surface area contributed by atoms with Gasteiger partial charge in [-0.1, -0.05) is 6.92 Å². The maximum Gasteiger partial charge on any atom is 0.261 e. The van der Waals surface area contributed by atoms with Crippen molar-refractivity contribution in [3.63, 3.8) is 0 Å². The van der Waals surface area contributed by atoms with Crippen LogP contribution in [0.1, 0.15) is 67.5 Å². The van der Waals surface area contributed by atoms with Gasteiger partial charge in [0.25, 0.3) is 17.4 Å². The fourth-order valence-electron chi connectivity index (χ4n) is 3.29. The number of rotatable bonds is 4. The number of aromatic nitrogens is 1. The van der Waals surface area contributed by atoms with Gasteiger partial charge in [-0.15, -0.1) is 11.3 Å². The molecule has 132 valence electrons. The minimum absolute atomic E-state index is 0.0693. The number of aromatic amines is 1. The first-order valence-electron chi connectivity index (χ1n) is 8.36. The van der Waals surface area contributed by atoms with Gasteiger partial charge in [-0.25, -0.2) is 0 Å². The van der Waals surface area contributed by atoms with Crippen LogP contribution in [0.3, 0.4) is 0 Å². The molecule has 2 aromatic heterocycles. The molecule has 4 N–H and O–H groups in total. The Bertz CT molecular complexity index is 897. The monoisotopic (exact) mass is 359 g/mol. The number of nitrogens with one attached hydrogen (secondary N) is 2. The first-order chi connectivity index (χ1) is 11.9. The normalized spacial score (nSPS) is 16.3. The molecule has 0 aromatic carbocycles. The molecule has 1 aliphatic rings. The third-order valence-corrected chi connectivity index (χ3v) is 5.74. The largest absolute Gasteiger partial charge is 0.365 e. The van der Waals surface area contributed by atoms with Crippen molar-refractivity contribution in [2.75, 3.05) is 0 Å². The molecule has 6 nitrogen and oxygen atoms in total. The van der Waals surface area contributed by atoms with E-state index in [-0.39, 0.29) is 17.5 Å². The van der Waals surface area contributed by atoms with E-state index in [9.17, 15) is 14.4 Å². The van der Waals surface area contributed by atoms with E-state index in [4.69, 9.17) is 5.73 Å². The van der Waals surface area contributed by atoms with Crippen LogP contribution >= 0.6 is 11.3 Å². The third-order valence-electron chi connectivity index (χ3n) is 4.65. The smallest absolute Gasteiger partial charge is 0.261 e. The van der Waals surface area contributed by atoms with Gasteiger partial charge >= 0.3 is 0 Å². The van der Waals surface area contributed by atoms with Crippen LogP contribution in [-0.4, -0.2) is 16.8 Å². The van der Waals surface area contributed by atoms with E-state index in [1.54, 1.807) is 0 Å². The van der Waals surface area contributed by atoms with Crippen molar-refractivity contribution in [2.45, 2.75) is 45.6 Å². The predicted octanol–water partition coefficient (Wildman–Crippen LogP) is 2.21. The molecule has 0 radical (unpaired) electrons. The second-order valence-electron chi connectivity index (χ2n) is 6.27. The van der Waals surface area contributed by atoms with Crippen LogP contribution in [0.15, 0.2) is 16.9 Å². The topological polar surface area (TPSA) is 105 Å². The highest BCUT2D eigenvalue weighted by Gasteiger charge is 2.25. The standard InChI is InChI=1S/C18H21N3O3S/c1-3-10-7-15(25-9(10)2)18(24)21-14-6-4-5-13-11(14)8-12(16(19)22)17(23)20-13/h7-8,14H,3-6H2,1-2H3,(H2,19,22)(H,20,23)(H,21,24). The number of aryl methyl sites for hydroxylation is 3. The Balaban J connectivity index is 1.89. The quantitative estimate of drug-likeness (QED) is 0.779. The molecule has 0 aliphatic heterocycles. The zero-order valence-corrected chi connectivity index (χ0v) is 15.1. The summed E-state index contributed by atoms with van der Waals surface area (Å²) in [5.74, 6) is -0.890. The Hall–Kier alpha value is -2.41. The molecular formula is C18H21N3O3S. The second-order valence-corrected chi connectivity index (χ2v) is 7.53. The van der Waals surface area contributed by atoms with E-state index in [2.05, 4.69) is 17.2 Å². The molecule has 7 heteroatoms. The first kappa shape index (κ1) is 17.4. The van der Waals surface area contributed by atoms with Gasteiger partial charge in [0.1, 0.15) is 5.56 Å². The lowest BCUT2D eigenvalue weighted by Gasteiger charge is -2.26. The fourth-order valence-corrected chi connectivity index (χ4v) is 4.30. The van der Waals surface area contributed by atoms with Gasteiger partial charge in [0.2, 0.25) is 0 Å². The molecule has 25 heavy (non-hydrogen) atoms. The molecule has 1 unspecified atom stereocenters. The Labute approximate surface area is 149 Å². The van der Waals surface area contributed by atoms with Crippen molar-refractivity contribution in [3.8, 4) is 0 Å². The van der Waals surface area contributed by atoms with Crippen molar-refractivity contribution < 1.29 is 9.59 Å². The summed E-state index contributed by atoms with van der Waals surface area (Å²) in [6.07, 6.45) is 3.22. The number of hydrogen-bond donors (Lipinski definition) is 3. The van der Waals surface area contributed by atoms with Crippen molar-refractivity contribution >= 4 is 23.2 Å². The van der Waals surface area contributed by atoms with Gasteiger partial charge in [-0.3, -0.25) is 14.4 Å². The number of H-pyrrole nitrogens is 1. The molecule has 1 aliphatic carbocycles. The van der Waals surface area contributed by atoms with Crippen LogP contribution in [0.5, 0.6) is 0 Å². The van der Waals surface area contributed by atoms with Crippen LogP contribution < -0.4 is 16.6 Å². The minimum atomic E-state index is -0.763. The van der Waals surface area contributed by atoms with Crippen LogP contribution in [0.2, 0.25) is 0 Å². The number of carbonyl (C=O) groups excluding carboxylic acids is 2. The summed E-state index contributed by atoms with van der Waals surface area (Å²) in [5, 5.41) is 3.04. The molecule has 0 spiro atoms. The van der Waals surface area contributed by atoms with Crippen LogP contribution in [0.4, 0.5) is 0 Å². The average molecular weight is 359 g/mol. The van der Waals surface area contributed by atoms with E-state index in [1.165, 1.54) is 23.0 Å². The Morgan fingerprint density at radius 1 is 1.40 bits per heavy atom. The van der Waals surface area contributed by atoms with Crippen molar-refractivity contribution in [2.24, 2.45) is 5.73 Å². The van der Waals surface area contributed by atoms with Gasteiger partial charge in [0, 0.05) is 10.6 Å². The first-order valence-corrected chi connectivity index (χ1v) is 9.18. The maximum atomic E-state index is 12.6. The van der Waals surface area contributed by atoms with Crippen molar-refractivity contribution in [1.82, 2.24) is 10.3 Å². The third kappa shape index (κ3) is 3.37. The summed E-state index contributed by atoms with van der Waals surface area (Å²) in [5.41, 5.74) is 7.46. The molecule has 2 heterocycles. The van der Waals surface area contributed by atoms with E-state index < -0.39 is 11.5 Å². The zero-order chi connectivity index (χ0) is 18.1. The number of fused-ring (bicyclic) bond motifs is 1. The summed E-state index contributed by atoms with van der Waals surface area (Å²) in [6, 6.07) is 3.22. The molecule has 1 atom stereocenters. The lowest BCUT2D eigenvalue weighted by Crippen LogP contribution is -2.33. The van der Waals surface area contributed by atoms with Crippen molar-refractivity contribution in [3.05, 3.63) is 54.6 Å². The summed E-state index contributed by atoms with van der Waals surface area (Å²) < 4.78 is 0. The molecule has 0 fully saturated rings. The second kappa shape index (κ2) is 6.84. The van der Waals surface area contributed by atoms with Crippen LogP contribution in [0.25, 0.3) is 0 Å². The summed E-state index contributed by atoms with van der Waals surface area (Å²) >= 11 is 1.48. The van der Waals surface area contributed by atoms with Crippen LogP contribution in [-0.2, 0) is 12.8 Å². The summed E-state index contributed by atoms with van der Waals surface area (Å²) in [4.78, 5) is 40.6. The van der Waals surface area contributed by atoms with Gasteiger partial charge in [-0.05, 0) is 55.9 Å². The van der Waals surface area contributed by atoms with Gasteiger partial charge in [0.15, 0.2) is 0 Å². The van der Waals surface area contributed by atoms with Crippen molar-refractivity contribution in [1.29, 1.82) is 0 Å². The summed E-state index contributed by atoms with van der Waals surface area (Å²) in [7, 11) is 0. The number of nitrogens with two attached hydrogens (primary N) is 1. The van der Waals surface area contributed by atoms with Gasteiger partial charge in [-0.2, -0.15) is 0 Å². The highest BCUT2D eigenvalue weighted by Crippen LogP contribution is 2.29. The lowest BCUT2D eigenvalue weighted by molar-refractivity contribution is 0.0936. The van der Waals surface area contributed by atoms with Gasteiger partial charge in [0.05, 0.1) is 10.9 Å². The minimum Gasteiger partial charge on any atom is -0.365 e. The predicted molar refractivity (Wildman–Crippen MR) is 97.2 cm³/mol. The molecule has 3 rings (SSSR count). The average Bonchev–Trinajstić information content (AvgIpc) is 2.95. The number of primary amides is 1. The SMILES string of the molecule is CCc1cc(C(=O)NC2CCCc3[nH]c(=O)c(C(N)=O)cc32)sc1C. The Kier molecular flexibility index (Phi) is 4.76. The highest BCUT2D eigenvalue weighted by molar-refractivity contribution is 7.14. The highest BCUT2D eigenvalue weighted by atomic mass is 32.1. The van der Waals surface area contributed by atoms with E-state index >= 15 is 0 Å². The number of thiophene rings is 1. The van der Waals surface area contributed by atoms with E-state index in [0.29, 0.717) is 11.3 Å². The van der Waals surface area contributed by atoms with Crippen LogP contribution in [0, 0.1) is 6.92 Å². The zero-order valence-electron chi connectivity index (χ0n) is 14.3. The summed E-state index contributed by atoms with van der Waals surface area (Å²) in [6.45, 7) is 4.08. The number of carbonyl (C=O) groups is 2. The maximum absolute atomic E-state index is 12.6. The number of hydrogen-bond acceptors (Lipinski definition) is 4.